The van der Waals surface area contributed by atoms with Crippen LogP contribution in [0.3, 0.4) is 0 Å². The molecule has 1 N–H and O–H groups in total. The van der Waals surface area contributed by atoms with E-state index in [2.05, 4.69) is 24.8 Å². The van der Waals surface area contributed by atoms with E-state index in [4.69, 9.17) is 0 Å². The van der Waals surface area contributed by atoms with Crippen molar-refractivity contribution in [2.75, 3.05) is 5.32 Å². The summed E-state index contributed by atoms with van der Waals surface area (Å²) in [4.78, 5) is 12.5. The van der Waals surface area contributed by atoms with E-state index in [1.807, 2.05) is 12.1 Å². The van der Waals surface area contributed by atoms with Crippen LogP contribution in [0.4, 0.5) is 18.9 Å². The average Bonchev–Trinajstić information content (AvgIpc) is 2.96. The Morgan fingerprint density at radius 3 is 2.60 bits per heavy atom. The summed E-state index contributed by atoms with van der Waals surface area (Å²) in [5.41, 5.74) is 1.60. The number of ether oxygens (including phenoxy) is 1. The molecule has 0 spiro atoms. The zero-order chi connectivity index (χ0) is 21.1. The Labute approximate surface area is 170 Å². The second-order valence-electron chi connectivity index (χ2n) is 7.01. The molecule has 0 bridgehead atoms. The van der Waals surface area contributed by atoms with Crippen LogP contribution in [0.1, 0.15) is 35.4 Å². The van der Waals surface area contributed by atoms with Crippen molar-refractivity contribution < 1.29 is 22.7 Å². The number of alkyl halides is 3. The van der Waals surface area contributed by atoms with Crippen molar-refractivity contribution in [3.8, 4) is 17.1 Å². The molecule has 30 heavy (non-hydrogen) atoms. The number of carbonyl (C=O) groups excluding carboxylic acids is 1. The second kappa shape index (κ2) is 8.17. The number of fused-ring (bicyclic) bond motifs is 1. The van der Waals surface area contributed by atoms with E-state index in [9.17, 15) is 18.0 Å². The molecule has 1 aliphatic heterocycles. The van der Waals surface area contributed by atoms with E-state index in [1.165, 1.54) is 12.1 Å². The van der Waals surface area contributed by atoms with Gasteiger partial charge in [0, 0.05) is 29.8 Å². The monoisotopic (exact) mass is 416 g/mol. The summed E-state index contributed by atoms with van der Waals surface area (Å²) in [6.07, 6.45) is -0.545. The average molecular weight is 416 g/mol. The Morgan fingerprint density at radius 2 is 1.83 bits per heavy atom. The number of amides is 1. The predicted molar refractivity (Wildman–Crippen MR) is 104 cm³/mol. The van der Waals surface area contributed by atoms with Crippen LogP contribution < -0.4 is 10.1 Å². The van der Waals surface area contributed by atoms with Gasteiger partial charge in [-0.2, -0.15) is 0 Å². The zero-order valence-electron chi connectivity index (χ0n) is 15.9. The van der Waals surface area contributed by atoms with Gasteiger partial charge in [-0.05, 0) is 49.2 Å². The summed E-state index contributed by atoms with van der Waals surface area (Å²) in [7, 11) is 0. The Hall–Kier alpha value is -3.36. The van der Waals surface area contributed by atoms with Crippen molar-refractivity contribution in [1.29, 1.82) is 0 Å². The van der Waals surface area contributed by atoms with E-state index >= 15 is 0 Å². The van der Waals surface area contributed by atoms with Crippen molar-refractivity contribution >= 4 is 11.6 Å². The van der Waals surface area contributed by atoms with Gasteiger partial charge >= 0.3 is 6.36 Å². The quantitative estimate of drug-likeness (QED) is 0.662. The molecule has 2 aromatic carbocycles. The first-order chi connectivity index (χ1) is 14.4. The van der Waals surface area contributed by atoms with Crippen molar-refractivity contribution in [3.63, 3.8) is 0 Å². The lowest BCUT2D eigenvalue weighted by Gasteiger charge is -2.11. The third-order valence-corrected chi connectivity index (χ3v) is 4.84. The van der Waals surface area contributed by atoms with Gasteiger partial charge in [-0.15, -0.1) is 23.4 Å². The molecule has 0 saturated heterocycles. The van der Waals surface area contributed by atoms with Crippen LogP contribution in [-0.2, 0) is 13.0 Å². The number of hydrogen-bond acceptors (Lipinski definition) is 4. The summed E-state index contributed by atoms with van der Waals surface area (Å²) in [5, 5.41) is 11.4. The number of halogens is 3. The predicted octanol–water partition coefficient (Wildman–Crippen LogP) is 4.82. The molecular formula is C21H19F3N4O2. The van der Waals surface area contributed by atoms with Gasteiger partial charge in [0.25, 0.3) is 5.91 Å². The highest BCUT2D eigenvalue weighted by Gasteiger charge is 2.31. The van der Waals surface area contributed by atoms with Crippen molar-refractivity contribution in [2.24, 2.45) is 0 Å². The minimum atomic E-state index is -4.77. The zero-order valence-corrected chi connectivity index (χ0v) is 15.9. The third kappa shape index (κ3) is 4.61. The topological polar surface area (TPSA) is 69.0 Å². The molecule has 1 amide bonds. The summed E-state index contributed by atoms with van der Waals surface area (Å²) in [5.74, 6) is 0.911. The Morgan fingerprint density at radius 1 is 1.03 bits per heavy atom. The SMILES string of the molecule is O=C(Nc1cccc(-c2nnc3n2CCCCC3)c1)c1ccc(OC(F)(F)F)cc1. The number of aromatic nitrogens is 3. The summed E-state index contributed by atoms with van der Waals surface area (Å²) < 4.78 is 42.7. The van der Waals surface area contributed by atoms with Crippen LogP contribution in [0.15, 0.2) is 48.5 Å². The third-order valence-electron chi connectivity index (χ3n) is 4.84. The number of aryl methyl sites for hydroxylation is 1. The number of nitrogens with one attached hydrogen (secondary N) is 1. The van der Waals surface area contributed by atoms with Crippen molar-refractivity contribution in [2.45, 2.75) is 38.6 Å². The molecule has 2 heterocycles. The summed E-state index contributed by atoms with van der Waals surface area (Å²) >= 11 is 0. The lowest BCUT2D eigenvalue weighted by molar-refractivity contribution is -0.274. The number of rotatable bonds is 4. The molecule has 4 rings (SSSR count). The maximum Gasteiger partial charge on any atom is 0.573 e. The van der Waals surface area contributed by atoms with Crippen LogP contribution in [0.25, 0.3) is 11.4 Å². The second-order valence-corrected chi connectivity index (χ2v) is 7.01. The van der Waals surface area contributed by atoms with E-state index in [-0.39, 0.29) is 11.3 Å². The molecule has 9 heteroatoms. The lowest BCUT2D eigenvalue weighted by atomic mass is 10.1. The van der Waals surface area contributed by atoms with Gasteiger partial charge in [0.1, 0.15) is 11.6 Å². The molecule has 0 fully saturated rings. The van der Waals surface area contributed by atoms with Crippen molar-refractivity contribution in [1.82, 2.24) is 14.8 Å². The first-order valence-electron chi connectivity index (χ1n) is 9.59. The minimum Gasteiger partial charge on any atom is -0.406 e. The molecule has 0 aliphatic carbocycles. The molecule has 3 aromatic rings. The summed E-state index contributed by atoms with van der Waals surface area (Å²) in [6.45, 7) is 0.862. The Kier molecular flexibility index (Phi) is 5.43. The highest BCUT2D eigenvalue weighted by atomic mass is 19.4. The number of hydrogen-bond donors (Lipinski definition) is 1. The van der Waals surface area contributed by atoms with E-state index in [0.717, 1.165) is 61.6 Å². The molecule has 1 aromatic heterocycles. The standard InChI is InChI=1S/C21H19F3N4O2/c22-21(23,24)30-17-10-8-14(9-11-17)20(29)25-16-6-4-5-15(13-16)19-27-26-18-7-2-1-3-12-28(18)19/h4-6,8-11,13H,1-3,7,12H2,(H,25,29). The Balaban J connectivity index is 1.50. The molecular weight excluding hydrogens is 397 g/mol. The van der Waals surface area contributed by atoms with Gasteiger partial charge in [0.2, 0.25) is 0 Å². The van der Waals surface area contributed by atoms with Gasteiger partial charge in [-0.1, -0.05) is 18.6 Å². The van der Waals surface area contributed by atoms with Crippen molar-refractivity contribution in [3.05, 3.63) is 59.9 Å². The maximum absolute atomic E-state index is 12.5. The number of anilines is 1. The number of carbonyl (C=O) groups is 1. The van der Waals surface area contributed by atoms with Crippen LogP contribution in [0.2, 0.25) is 0 Å². The van der Waals surface area contributed by atoms with Gasteiger partial charge in [0.15, 0.2) is 5.82 Å². The maximum atomic E-state index is 12.5. The first kappa shape index (κ1) is 19.9. The fraction of sp³-hybridized carbons (Fsp3) is 0.286. The van der Waals surface area contributed by atoms with Crippen LogP contribution in [-0.4, -0.2) is 27.0 Å². The minimum absolute atomic E-state index is 0.214. The lowest BCUT2D eigenvalue weighted by Crippen LogP contribution is -2.17. The largest absolute Gasteiger partial charge is 0.573 e. The number of nitrogens with zero attached hydrogens (tertiary/aromatic N) is 3. The molecule has 0 saturated carbocycles. The van der Waals surface area contributed by atoms with Crippen LogP contribution in [0.5, 0.6) is 5.75 Å². The van der Waals surface area contributed by atoms with E-state index in [1.54, 1.807) is 12.1 Å². The van der Waals surface area contributed by atoms with Gasteiger partial charge in [-0.3, -0.25) is 4.79 Å². The highest BCUT2D eigenvalue weighted by Crippen LogP contribution is 2.26. The smallest absolute Gasteiger partial charge is 0.406 e. The molecule has 6 nitrogen and oxygen atoms in total. The fourth-order valence-electron chi connectivity index (χ4n) is 3.45. The van der Waals surface area contributed by atoms with E-state index < -0.39 is 12.3 Å². The molecule has 156 valence electrons. The molecule has 0 unspecified atom stereocenters. The highest BCUT2D eigenvalue weighted by molar-refractivity contribution is 6.04. The molecule has 0 radical (unpaired) electrons. The fourth-order valence-corrected chi connectivity index (χ4v) is 3.45. The van der Waals surface area contributed by atoms with Crippen LogP contribution >= 0.6 is 0 Å². The Bertz CT molecular complexity index is 1050. The normalized spacial score (nSPS) is 14.0. The first-order valence-corrected chi connectivity index (χ1v) is 9.59. The van der Waals surface area contributed by atoms with E-state index in [0.29, 0.717) is 5.69 Å². The van der Waals surface area contributed by atoms with Gasteiger partial charge < -0.3 is 14.6 Å². The van der Waals surface area contributed by atoms with Gasteiger partial charge in [0.05, 0.1) is 0 Å². The van der Waals surface area contributed by atoms with Crippen LogP contribution in [0, 0.1) is 0 Å². The summed E-state index contributed by atoms with van der Waals surface area (Å²) in [6, 6.07) is 12.0. The van der Waals surface area contributed by atoms with Gasteiger partial charge in [-0.25, -0.2) is 0 Å². The molecule has 0 atom stereocenters. The number of benzene rings is 2. The molecule has 1 aliphatic rings.